The molecule has 2 amide bonds. The summed E-state index contributed by atoms with van der Waals surface area (Å²) in [5, 5.41) is 20.5. The molecular formula is C34H31FN6O3S2. The summed E-state index contributed by atoms with van der Waals surface area (Å²) in [5.74, 6) is 0.308. The molecule has 0 fully saturated rings. The average molecular weight is 655 g/mol. The molecule has 0 bridgehead atoms. The fourth-order valence-electron chi connectivity index (χ4n) is 5.17. The number of amides is 2. The molecule has 0 spiro atoms. The number of nitrogens with one attached hydrogen (secondary N) is 1. The first-order valence-electron chi connectivity index (χ1n) is 14.7. The fraction of sp³-hybridized carbons (Fsp3) is 0.206. The molecule has 1 N–H and O–H groups in total. The second-order valence-corrected chi connectivity index (χ2v) is 12.4. The fourth-order valence-corrected chi connectivity index (χ4v) is 6.72. The number of aromatic nitrogens is 3. The van der Waals surface area contributed by atoms with Crippen LogP contribution < -0.4 is 10.1 Å². The van der Waals surface area contributed by atoms with Crippen molar-refractivity contribution in [2.75, 3.05) is 12.9 Å². The lowest BCUT2D eigenvalue weighted by Gasteiger charge is -2.22. The van der Waals surface area contributed by atoms with E-state index in [0.717, 1.165) is 27.5 Å². The van der Waals surface area contributed by atoms with Crippen LogP contribution in [0.5, 0.6) is 5.75 Å². The number of halogens is 1. The number of carbonyl (C=O) groups is 2. The van der Waals surface area contributed by atoms with Crippen LogP contribution in [-0.4, -0.2) is 50.2 Å². The Balaban J connectivity index is 1.20. The Labute approximate surface area is 274 Å². The Morgan fingerprint density at radius 2 is 1.85 bits per heavy atom. The van der Waals surface area contributed by atoms with Crippen LogP contribution in [-0.2, 0) is 24.3 Å². The van der Waals surface area contributed by atoms with Crippen LogP contribution in [0.1, 0.15) is 44.6 Å². The molecule has 1 unspecified atom stereocenters. The van der Waals surface area contributed by atoms with Crippen molar-refractivity contribution >= 4 is 40.6 Å². The minimum Gasteiger partial charge on any atom is -0.497 e. The molecule has 234 valence electrons. The molecule has 0 saturated carbocycles. The van der Waals surface area contributed by atoms with Crippen molar-refractivity contribution in [2.45, 2.75) is 37.1 Å². The van der Waals surface area contributed by atoms with Crippen molar-refractivity contribution in [3.05, 3.63) is 130 Å². The molecular weight excluding hydrogens is 624 g/mol. The number of ether oxygens (including phenoxy) is 1. The smallest absolute Gasteiger partial charge is 0.253 e. The highest BCUT2D eigenvalue weighted by atomic mass is 32.2. The van der Waals surface area contributed by atoms with Crippen LogP contribution in [0.4, 0.5) is 4.39 Å². The largest absolute Gasteiger partial charge is 0.497 e. The van der Waals surface area contributed by atoms with Gasteiger partial charge in [-0.2, -0.15) is 5.10 Å². The van der Waals surface area contributed by atoms with Gasteiger partial charge in [0.05, 0.1) is 36.0 Å². The van der Waals surface area contributed by atoms with Crippen LogP contribution in [0.3, 0.4) is 0 Å². The van der Waals surface area contributed by atoms with Crippen molar-refractivity contribution in [3.63, 3.8) is 0 Å². The highest BCUT2D eigenvalue weighted by molar-refractivity contribution is 7.99. The Hall–Kier alpha value is -4.81. The third-order valence-corrected chi connectivity index (χ3v) is 9.42. The van der Waals surface area contributed by atoms with E-state index in [4.69, 9.17) is 9.84 Å². The second-order valence-electron chi connectivity index (χ2n) is 10.5. The van der Waals surface area contributed by atoms with Crippen LogP contribution in [0.25, 0.3) is 0 Å². The maximum absolute atomic E-state index is 13.8. The number of hydrazone groups is 1. The lowest BCUT2D eigenvalue weighted by atomic mass is 10.0. The minimum absolute atomic E-state index is 0.0891. The molecule has 6 rings (SSSR count). The Morgan fingerprint density at radius 1 is 1.02 bits per heavy atom. The van der Waals surface area contributed by atoms with Gasteiger partial charge in [0.15, 0.2) is 11.0 Å². The highest BCUT2D eigenvalue weighted by Crippen LogP contribution is 2.35. The molecule has 1 aliphatic heterocycles. The summed E-state index contributed by atoms with van der Waals surface area (Å²) in [4.78, 5) is 27.5. The number of carbonyl (C=O) groups excluding carboxylic acids is 2. The lowest BCUT2D eigenvalue weighted by molar-refractivity contribution is -0.130. The summed E-state index contributed by atoms with van der Waals surface area (Å²) in [6.07, 6.45) is 1.30. The summed E-state index contributed by atoms with van der Waals surface area (Å²) in [5.41, 5.74) is 3.19. The first-order valence-corrected chi connectivity index (χ1v) is 16.5. The van der Waals surface area contributed by atoms with Crippen LogP contribution in [0.2, 0.25) is 0 Å². The number of thioether (sulfide) groups is 1. The van der Waals surface area contributed by atoms with E-state index >= 15 is 0 Å². The average Bonchev–Trinajstić information content (AvgIpc) is 3.86. The SMILES string of the molecule is COc1ccc(C2CC(c3cccs3)=NN2C(=O)CSc2nnc(CNC(=O)c3cccc(F)c3)n2CCc2ccccc2)cc1. The zero-order chi connectivity index (χ0) is 31.9. The van der Waals surface area contributed by atoms with E-state index in [2.05, 4.69) is 15.5 Å². The van der Waals surface area contributed by atoms with E-state index in [0.29, 0.717) is 30.4 Å². The van der Waals surface area contributed by atoms with Crippen molar-refractivity contribution in [1.29, 1.82) is 0 Å². The number of hydrogen-bond acceptors (Lipinski definition) is 8. The van der Waals surface area contributed by atoms with Gasteiger partial charge in [0.2, 0.25) is 0 Å². The quantitative estimate of drug-likeness (QED) is 0.163. The number of nitrogens with zero attached hydrogens (tertiary/aromatic N) is 5. The number of methoxy groups -OCH3 is 1. The summed E-state index contributed by atoms with van der Waals surface area (Å²) < 4.78 is 20.9. The zero-order valence-electron chi connectivity index (χ0n) is 25.0. The van der Waals surface area contributed by atoms with Crippen LogP contribution >= 0.6 is 23.1 Å². The first kappa shape index (κ1) is 31.2. The van der Waals surface area contributed by atoms with Gasteiger partial charge in [-0.25, -0.2) is 9.40 Å². The summed E-state index contributed by atoms with van der Waals surface area (Å²) in [7, 11) is 1.62. The third-order valence-electron chi connectivity index (χ3n) is 7.55. The Morgan fingerprint density at radius 3 is 2.59 bits per heavy atom. The molecule has 46 heavy (non-hydrogen) atoms. The summed E-state index contributed by atoms with van der Waals surface area (Å²) >= 11 is 2.88. The van der Waals surface area contributed by atoms with Gasteiger partial charge in [0.1, 0.15) is 11.6 Å². The number of benzene rings is 3. The number of aryl methyl sites for hydroxylation is 1. The van der Waals surface area contributed by atoms with E-state index in [1.807, 2.05) is 76.7 Å². The number of hydrogen-bond donors (Lipinski definition) is 1. The van der Waals surface area contributed by atoms with Crippen LogP contribution in [0, 0.1) is 5.82 Å². The van der Waals surface area contributed by atoms with Crippen molar-refractivity contribution < 1.29 is 18.7 Å². The molecule has 2 aromatic heterocycles. The molecule has 9 nitrogen and oxygen atoms in total. The van der Waals surface area contributed by atoms with Gasteiger partial charge in [-0.15, -0.1) is 21.5 Å². The number of thiophene rings is 1. The molecule has 5 aromatic rings. The van der Waals surface area contributed by atoms with Gasteiger partial charge in [0, 0.05) is 18.5 Å². The van der Waals surface area contributed by atoms with Crippen molar-refractivity contribution in [3.8, 4) is 5.75 Å². The molecule has 12 heteroatoms. The predicted molar refractivity (Wildman–Crippen MR) is 177 cm³/mol. The normalized spacial score (nSPS) is 14.3. The topological polar surface area (TPSA) is 102 Å². The molecule has 3 heterocycles. The zero-order valence-corrected chi connectivity index (χ0v) is 26.6. The van der Waals surface area contributed by atoms with E-state index < -0.39 is 11.7 Å². The Bertz CT molecular complexity index is 1830. The summed E-state index contributed by atoms with van der Waals surface area (Å²) in [6.45, 7) is 0.628. The number of rotatable bonds is 12. The van der Waals surface area contributed by atoms with Gasteiger partial charge in [-0.1, -0.05) is 66.4 Å². The van der Waals surface area contributed by atoms with Gasteiger partial charge >= 0.3 is 0 Å². The van der Waals surface area contributed by atoms with Crippen molar-refractivity contribution in [2.24, 2.45) is 5.10 Å². The molecule has 0 aliphatic carbocycles. The standard InChI is InChI=1S/C34H31FN6O3S2/c1-44-27-14-12-24(13-15-27)29-20-28(30-11-6-18-45-30)39-41(29)32(42)22-46-34-38-37-31(40(34)17-16-23-7-3-2-4-8-23)21-36-33(43)25-9-5-10-26(35)19-25/h2-15,18-19,29H,16-17,20-22H2,1H3,(H,36,43). The van der Waals surface area contributed by atoms with E-state index in [-0.39, 0.29) is 29.8 Å². The second kappa shape index (κ2) is 14.5. The maximum Gasteiger partial charge on any atom is 0.253 e. The van der Waals surface area contributed by atoms with Gasteiger partial charge in [0.25, 0.3) is 11.8 Å². The monoisotopic (exact) mass is 654 g/mol. The third kappa shape index (κ3) is 7.35. The molecule has 1 atom stereocenters. The van der Waals surface area contributed by atoms with E-state index in [1.165, 1.54) is 30.0 Å². The molecule has 3 aromatic carbocycles. The highest BCUT2D eigenvalue weighted by Gasteiger charge is 2.33. The van der Waals surface area contributed by atoms with E-state index in [9.17, 15) is 14.0 Å². The van der Waals surface area contributed by atoms with Crippen LogP contribution in [0.15, 0.2) is 107 Å². The van der Waals surface area contributed by atoms with Gasteiger partial charge in [-0.3, -0.25) is 9.59 Å². The minimum atomic E-state index is -0.485. The molecule has 1 aliphatic rings. The van der Waals surface area contributed by atoms with E-state index in [1.54, 1.807) is 29.5 Å². The lowest BCUT2D eigenvalue weighted by Crippen LogP contribution is -2.28. The Kier molecular flexibility index (Phi) is 9.85. The molecule has 0 saturated heterocycles. The summed E-state index contributed by atoms with van der Waals surface area (Å²) in [6, 6.07) is 27.0. The maximum atomic E-state index is 13.8. The first-order chi connectivity index (χ1) is 22.5. The predicted octanol–water partition coefficient (Wildman–Crippen LogP) is 6.13. The van der Waals surface area contributed by atoms with Crippen molar-refractivity contribution in [1.82, 2.24) is 25.1 Å². The van der Waals surface area contributed by atoms with Gasteiger partial charge < -0.3 is 14.6 Å². The van der Waals surface area contributed by atoms with Gasteiger partial charge in [-0.05, 0) is 59.3 Å². The molecule has 0 radical (unpaired) electrons.